The van der Waals surface area contributed by atoms with Crippen LogP contribution in [0.2, 0.25) is 10.0 Å². The molecule has 2 N–H and O–H groups in total. The number of carbonyl (C=O) groups is 2. The summed E-state index contributed by atoms with van der Waals surface area (Å²) in [7, 11) is 0. The van der Waals surface area contributed by atoms with Gasteiger partial charge in [-0.1, -0.05) is 41.4 Å². The minimum atomic E-state index is -0.487. The quantitative estimate of drug-likeness (QED) is 0.751. The van der Waals surface area contributed by atoms with Crippen LogP contribution in [-0.4, -0.2) is 25.0 Å². The van der Waals surface area contributed by atoms with Crippen molar-refractivity contribution in [2.75, 3.05) is 23.8 Å². The molecule has 7 heteroatoms. The van der Waals surface area contributed by atoms with Crippen molar-refractivity contribution < 1.29 is 14.3 Å². The predicted octanol–water partition coefficient (Wildman–Crippen LogP) is 4.22. The van der Waals surface area contributed by atoms with Crippen LogP contribution < -0.4 is 10.6 Å². The summed E-state index contributed by atoms with van der Waals surface area (Å²) in [6.07, 6.45) is 0. The summed E-state index contributed by atoms with van der Waals surface area (Å²) in [5, 5.41) is 6.32. The first-order valence-electron chi connectivity index (χ1n) is 7.26. The number of amides is 1. The average Bonchev–Trinajstić information content (AvgIpc) is 2.57. The zero-order chi connectivity index (χ0) is 17.5. The van der Waals surface area contributed by atoms with Crippen molar-refractivity contribution in [2.45, 2.75) is 6.92 Å². The normalized spacial score (nSPS) is 10.1. The number of benzene rings is 2. The van der Waals surface area contributed by atoms with Crippen molar-refractivity contribution in [2.24, 2.45) is 0 Å². The monoisotopic (exact) mass is 366 g/mol. The van der Waals surface area contributed by atoms with Gasteiger partial charge >= 0.3 is 5.97 Å². The van der Waals surface area contributed by atoms with E-state index in [9.17, 15) is 9.59 Å². The van der Waals surface area contributed by atoms with Gasteiger partial charge in [-0.15, -0.1) is 0 Å². The molecular formula is C17H16Cl2N2O3. The standard InChI is InChI=1S/C17H16Cl2N2O3/c1-2-24-17(23)11-6-3-4-8-13(11)21-15(22)10-20-14-9-5-7-12(18)16(14)19/h3-9,20H,2,10H2,1H3,(H,21,22). The molecule has 0 saturated carbocycles. The Morgan fingerprint density at radius 1 is 1.04 bits per heavy atom. The molecule has 0 aliphatic carbocycles. The largest absolute Gasteiger partial charge is 0.462 e. The van der Waals surface area contributed by atoms with E-state index in [1.807, 2.05) is 0 Å². The molecule has 0 aliphatic rings. The highest BCUT2D eigenvalue weighted by molar-refractivity contribution is 6.43. The third-order valence-corrected chi connectivity index (χ3v) is 3.91. The van der Waals surface area contributed by atoms with Gasteiger partial charge in [0.05, 0.1) is 40.1 Å². The molecular weight excluding hydrogens is 351 g/mol. The second-order valence-corrected chi connectivity index (χ2v) is 5.55. The number of hydrogen-bond donors (Lipinski definition) is 2. The van der Waals surface area contributed by atoms with Gasteiger partial charge in [-0.25, -0.2) is 4.79 Å². The van der Waals surface area contributed by atoms with Gasteiger partial charge in [-0.3, -0.25) is 4.79 Å². The first-order valence-corrected chi connectivity index (χ1v) is 8.02. The molecule has 2 aromatic carbocycles. The molecule has 0 saturated heterocycles. The Morgan fingerprint density at radius 3 is 2.50 bits per heavy atom. The zero-order valence-corrected chi connectivity index (χ0v) is 14.4. The lowest BCUT2D eigenvalue weighted by Crippen LogP contribution is -2.23. The van der Waals surface area contributed by atoms with E-state index < -0.39 is 5.97 Å². The molecule has 0 heterocycles. The van der Waals surface area contributed by atoms with Crippen LogP contribution in [0, 0.1) is 0 Å². The Bertz CT molecular complexity index is 750. The van der Waals surface area contributed by atoms with E-state index in [0.717, 1.165) is 0 Å². The molecule has 0 aromatic heterocycles. The number of esters is 1. The van der Waals surface area contributed by atoms with Crippen molar-refractivity contribution in [3.05, 3.63) is 58.1 Å². The second kappa shape index (κ2) is 8.57. The number of para-hydroxylation sites is 1. The topological polar surface area (TPSA) is 67.4 Å². The maximum Gasteiger partial charge on any atom is 0.340 e. The van der Waals surface area contributed by atoms with Gasteiger partial charge in [0.15, 0.2) is 0 Å². The molecule has 2 aromatic rings. The summed E-state index contributed by atoms with van der Waals surface area (Å²) < 4.78 is 4.97. The van der Waals surface area contributed by atoms with Crippen LogP contribution in [0.15, 0.2) is 42.5 Å². The summed E-state index contributed by atoms with van der Waals surface area (Å²) in [5.41, 5.74) is 1.24. The summed E-state index contributed by atoms with van der Waals surface area (Å²) in [6, 6.07) is 11.8. The van der Waals surface area contributed by atoms with E-state index in [-0.39, 0.29) is 19.1 Å². The van der Waals surface area contributed by atoms with Gasteiger partial charge in [-0.2, -0.15) is 0 Å². The van der Waals surface area contributed by atoms with Crippen molar-refractivity contribution >= 4 is 46.5 Å². The molecule has 0 fully saturated rings. The van der Waals surface area contributed by atoms with Gasteiger partial charge in [0.25, 0.3) is 0 Å². The van der Waals surface area contributed by atoms with Crippen LogP contribution in [0.5, 0.6) is 0 Å². The van der Waals surface area contributed by atoms with Gasteiger partial charge in [0, 0.05) is 0 Å². The van der Waals surface area contributed by atoms with Crippen LogP contribution >= 0.6 is 23.2 Å². The summed E-state index contributed by atoms with van der Waals surface area (Å²) in [4.78, 5) is 24.0. The smallest absolute Gasteiger partial charge is 0.340 e. The van der Waals surface area contributed by atoms with E-state index in [1.54, 1.807) is 49.4 Å². The number of nitrogens with one attached hydrogen (secondary N) is 2. The molecule has 0 unspecified atom stereocenters. The third-order valence-electron chi connectivity index (χ3n) is 3.09. The maximum atomic E-state index is 12.1. The lowest BCUT2D eigenvalue weighted by molar-refractivity contribution is -0.114. The molecule has 0 bridgehead atoms. The lowest BCUT2D eigenvalue weighted by Gasteiger charge is -2.12. The van der Waals surface area contributed by atoms with Crippen LogP contribution in [0.25, 0.3) is 0 Å². The number of carbonyl (C=O) groups excluding carboxylic acids is 2. The number of hydrogen-bond acceptors (Lipinski definition) is 4. The summed E-state index contributed by atoms with van der Waals surface area (Å²) in [6.45, 7) is 1.95. The average molecular weight is 367 g/mol. The molecule has 0 radical (unpaired) electrons. The highest BCUT2D eigenvalue weighted by Crippen LogP contribution is 2.29. The van der Waals surface area contributed by atoms with Crippen molar-refractivity contribution in [1.29, 1.82) is 0 Å². The number of ether oxygens (including phenoxy) is 1. The van der Waals surface area contributed by atoms with Crippen LogP contribution in [0.4, 0.5) is 11.4 Å². The summed E-state index contributed by atoms with van der Waals surface area (Å²) >= 11 is 12.0. The minimum Gasteiger partial charge on any atom is -0.462 e. The Balaban J connectivity index is 2.03. The van der Waals surface area contributed by atoms with Crippen molar-refractivity contribution in [1.82, 2.24) is 0 Å². The molecule has 0 aliphatic heterocycles. The second-order valence-electron chi connectivity index (χ2n) is 4.77. The lowest BCUT2D eigenvalue weighted by atomic mass is 10.2. The Morgan fingerprint density at radius 2 is 1.75 bits per heavy atom. The number of halogens is 2. The first-order chi connectivity index (χ1) is 11.5. The molecule has 0 atom stereocenters. The molecule has 24 heavy (non-hydrogen) atoms. The fourth-order valence-corrected chi connectivity index (χ4v) is 2.36. The fourth-order valence-electron chi connectivity index (χ4n) is 1.99. The SMILES string of the molecule is CCOC(=O)c1ccccc1NC(=O)CNc1cccc(Cl)c1Cl. The van der Waals surface area contributed by atoms with Gasteiger partial charge in [-0.05, 0) is 31.2 Å². The molecule has 2 rings (SSSR count). The molecule has 5 nitrogen and oxygen atoms in total. The van der Waals surface area contributed by atoms with E-state index >= 15 is 0 Å². The third kappa shape index (κ3) is 4.63. The van der Waals surface area contributed by atoms with Crippen LogP contribution in [-0.2, 0) is 9.53 Å². The van der Waals surface area contributed by atoms with E-state index in [2.05, 4.69) is 10.6 Å². The predicted molar refractivity (Wildman–Crippen MR) is 96.0 cm³/mol. The number of anilines is 2. The molecule has 1 amide bonds. The molecule has 126 valence electrons. The fraction of sp³-hybridized carbons (Fsp3) is 0.176. The van der Waals surface area contributed by atoms with Gasteiger partial charge < -0.3 is 15.4 Å². The van der Waals surface area contributed by atoms with Gasteiger partial charge in [0.2, 0.25) is 5.91 Å². The number of rotatable bonds is 6. The maximum absolute atomic E-state index is 12.1. The Kier molecular flexibility index (Phi) is 6.46. The highest BCUT2D eigenvalue weighted by Gasteiger charge is 2.14. The minimum absolute atomic E-state index is 0.0305. The van der Waals surface area contributed by atoms with E-state index in [1.165, 1.54) is 0 Å². The highest BCUT2D eigenvalue weighted by atomic mass is 35.5. The zero-order valence-electron chi connectivity index (χ0n) is 12.9. The molecule has 0 spiro atoms. The summed E-state index contributed by atoms with van der Waals surface area (Å²) in [5.74, 6) is -0.818. The van der Waals surface area contributed by atoms with Crippen molar-refractivity contribution in [3.63, 3.8) is 0 Å². The van der Waals surface area contributed by atoms with Crippen molar-refractivity contribution in [3.8, 4) is 0 Å². The van der Waals surface area contributed by atoms with Gasteiger partial charge in [0.1, 0.15) is 0 Å². The van der Waals surface area contributed by atoms with E-state index in [0.29, 0.717) is 27.0 Å². The Labute approximate surface area is 149 Å². The Hall–Kier alpha value is -2.24. The van der Waals surface area contributed by atoms with Crippen LogP contribution in [0.1, 0.15) is 17.3 Å². The van der Waals surface area contributed by atoms with E-state index in [4.69, 9.17) is 27.9 Å². The first kappa shape index (κ1) is 18.1. The van der Waals surface area contributed by atoms with Crippen LogP contribution in [0.3, 0.4) is 0 Å².